The zero-order valence-electron chi connectivity index (χ0n) is 7.37. The molecule has 1 aliphatic heterocycles. The Morgan fingerprint density at radius 3 is 2.07 bits per heavy atom. The average Bonchev–Trinajstić information content (AvgIpc) is 2.26. The Kier molecular flexibility index (Phi) is 1.47. The molecule has 1 heterocycles. The number of rotatable bonds is 0. The van der Waals surface area contributed by atoms with Crippen molar-refractivity contribution in [2.75, 3.05) is 5.32 Å². The van der Waals surface area contributed by atoms with Crippen LogP contribution in [0.5, 0.6) is 11.5 Å². The first-order valence-corrected chi connectivity index (χ1v) is 4.38. The predicted molar refractivity (Wildman–Crippen MR) is 53.9 cm³/mol. The zero-order chi connectivity index (χ0) is 9.38. The fourth-order valence-electron chi connectivity index (χ4n) is 1.47. The standard InChI is InChI=1S/C12H7NO/c1-3-7-11-9(5-1)13-10-6-2-4-8-12(10)14-11/h3-8,13H. The van der Waals surface area contributed by atoms with Gasteiger partial charge >= 0.3 is 0 Å². The van der Waals surface area contributed by atoms with E-state index in [2.05, 4.69) is 17.4 Å². The summed E-state index contributed by atoms with van der Waals surface area (Å²) < 4.78 is 5.67. The third-order valence-electron chi connectivity index (χ3n) is 2.14. The maximum Gasteiger partial charge on any atom is 0.151 e. The Morgan fingerprint density at radius 1 is 0.929 bits per heavy atom. The lowest BCUT2D eigenvalue weighted by atomic mass is 10.2. The van der Waals surface area contributed by atoms with Gasteiger partial charge in [0.25, 0.3) is 0 Å². The van der Waals surface area contributed by atoms with Gasteiger partial charge in [-0.1, -0.05) is 12.1 Å². The second kappa shape index (κ2) is 2.77. The molecule has 2 heteroatoms. The molecule has 0 fully saturated rings. The molecule has 2 aromatic carbocycles. The van der Waals surface area contributed by atoms with E-state index in [9.17, 15) is 0 Å². The molecular formula is C12H7NO. The molecule has 3 rings (SSSR count). The number of ether oxygens (including phenoxy) is 1. The van der Waals surface area contributed by atoms with Gasteiger partial charge in [0.1, 0.15) is 0 Å². The minimum absolute atomic E-state index is 0.836. The molecule has 0 bridgehead atoms. The highest BCUT2D eigenvalue weighted by Crippen LogP contribution is 2.40. The summed E-state index contributed by atoms with van der Waals surface area (Å²) in [4.78, 5) is 0. The molecule has 0 saturated carbocycles. The summed E-state index contributed by atoms with van der Waals surface area (Å²) in [7, 11) is 0. The minimum atomic E-state index is 0.836. The van der Waals surface area contributed by atoms with Crippen LogP contribution < -0.4 is 10.1 Å². The van der Waals surface area contributed by atoms with Crippen molar-refractivity contribution < 1.29 is 4.74 Å². The van der Waals surface area contributed by atoms with Crippen LogP contribution in [0, 0.1) is 12.1 Å². The van der Waals surface area contributed by atoms with Crippen molar-refractivity contribution in [2.24, 2.45) is 0 Å². The summed E-state index contributed by atoms with van der Waals surface area (Å²) in [6.07, 6.45) is 0. The fraction of sp³-hybridized carbons (Fsp3) is 0. The first kappa shape index (κ1) is 7.44. The monoisotopic (exact) mass is 181 g/mol. The highest BCUT2D eigenvalue weighted by atomic mass is 16.5. The van der Waals surface area contributed by atoms with Crippen LogP contribution in [0.15, 0.2) is 36.4 Å². The Labute approximate surface area is 82.1 Å². The van der Waals surface area contributed by atoms with Crippen molar-refractivity contribution in [3.8, 4) is 11.5 Å². The normalized spacial score (nSPS) is 12.0. The zero-order valence-corrected chi connectivity index (χ0v) is 7.37. The van der Waals surface area contributed by atoms with Crippen molar-refractivity contribution in [2.45, 2.75) is 0 Å². The number of anilines is 2. The van der Waals surface area contributed by atoms with Crippen molar-refractivity contribution in [3.05, 3.63) is 48.5 Å². The number of benzene rings is 2. The highest BCUT2D eigenvalue weighted by Gasteiger charge is 2.14. The molecule has 0 aliphatic carbocycles. The van der Waals surface area contributed by atoms with E-state index in [4.69, 9.17) is 4.74 Å². The predicted octanol–water partition coefficient (Wildman–Crippen LogP) is 3.14. The topological polar surface area (TPSA) is 21.3 Å². The van der Waals surface area contributed by atoms with Gasteiger partial charge < -0.3 is 10.1 Å². The van der Waals surface area contributed by atoms with Gasteiger partial charge in [-0.2, -0.15) is 0 Å². The first-order valence-electron chi connectivity index (χ1n) is 4.38. The average molecular weight is 181 g/mol. The molecule has 0 atom stereocenters. The summed E-state index contributed by atoms with van der Waals surface area (Å²) >= 11 is 0. The minimum Gasteiger partial charge on any atom is -0.453 e. The lowest BCUT2D eigenvalue weighted by Crippen LogP contribution is -2.01. The third kappa shape index (κ3) is 1.04. The van der Waals surface area contributed by atoms with Gasteiger partial charge in [0.2, 0.25) is 0 Å². The van der Waals surface area contributed by atoms with Crippen molar-refractivity contribution in [3.63, 3.8) is 0 Å². The van der Waals surface area contributed by atoms with Crippen molar-refractivity contribution >= 4 is 11.4 Å². The largest absolute Gasteiger partial charge is 0.453 e. The van der Waals surface area contributed by atoms with Gasteiger partial charge in [-0.25, -0.2) is 0 Å². The molecule has 0 saturated heterocycles. The maximum absolute atomic E-state index is 5.67. The third-order valence-corrected chi connectivity index (χ3v) is 2.14. The fourth-order valence-corrected chi connectivity index (χ4v) is 1.47. The summed E-state index contributed by atoms with van der Waals surface area (Å²) in [5, 5.41) is 3.25. The van der Waals surface area contributed by atoms with E-state index in [0.717, 1.165) is 22.9 Å². The van der Waals surface area contributed by atoms with E-state index in [1.807, 2.05) is 36.4 Å². The lowest BCUT2D eigenvalue weighted by Gasteiger charge is -2.20. The molecule has 1 N–H and O–H groups in total. The molecule has 2 aromatic rings. The number of hydrogen-bond donors (Lipinski definition) is 1. The Morgan fingerprint density at radius 2 is 1.50 bits per heavy atom. The summed E-state index contributed by atoms with van der Waals surface area (Å²) in [6, 6.07) is 17.2. The van der Waals surface area contributed by atoms with E-state index >= 15 is 0 Å². The van der Waals surface area contributed by atoms with Gasteiger partial charge in [-0.3, -0.25) is 0 Å². The second-order valence-corrected chi connectivity index (χ2v) is 3.07. The Bertz CT molecular complexity index is 392. The molecular weight excluding hydrogens is 174 g/mol. The number of hydrogen-bond acceptors (Lipinski definition) is 2. The smallest absolute Gasteiger partial charge is 0.151 e. The van der Waals surface area contributed by atoms with Crippen LogP contribution >= 0.6 is 0 Å². The molecule has 66 valence electrons. The van der Waals surface area contributed by atoms with Crippen LogP contribution in [-0.4, -0.2) is 0 Å². The first-order chi connectivity index (χ1) is 6.93. The molecule has 0 spiro atoms. The molecule has 2 nitrogen and oxygen atoms in total. The Balaban J connectivity index is 2.12. The molecule has 0 unspecified atom stereocenters. The highest BCUT2D eigenvalue weighted by molar-refractivity contribution is 5.74. The summed E-state index contributed by atoms with van der Waals surface area (Å²) in [5.41, 5.74) is 1.89. The molecule has 0 amide bonds. The van der Waals surface area contributed by atoms with Crippen molar-refractivity contribution in [1.29, 1.82) is 0 Å². The molecule has 0 aromatic heterocycles. The van der Waals surface area contributed by atoms with Crippen LogP contribution in [0.2, 0.25) is 0 Å². The quantitative estimate of drug-likeness (QED) is 0.575. The number of nitrogens with one attached hydrogen (secondary N) is 1. The van der Waals surface area contributed by atoms with Crippen molar-refractivity contribution in [1.82, 2.24) is 0 Å². The van der Waals surface area contributed by atoms with E-state index in [-0.39, 0.29) is 0 Å². The summed E-state index contributed by atoms with van der Waals surface area (Å²) in [5.74, 6) is 1.67. The van der Waals surface area contributed by atoms with Gasteiger partial charge in [0.15, 0.2) is 11.5 Å². The second-order valence-electron chi connectivity index (χ2n) is 3.07. The van der Waals surface area contributed by atoms with Gasteiger partial charge in [0.05, 0.1) is 11.4 Å². The van der Waals surface area contributed by atoms with E-state index in [0.29, 0.717) is 0 Å². The van der Waals surface area contributed by atoms with Crippen LogP contribution in [0.1, 0.15) is 0 Å². The van der Waals surface area contributed by atoms with Crippen LogP contribution in [-0.2, 0) is 0 Å². The lowest BCUT2D eigenvalue weighted by molar-refractivity contribution is 0.481. The van der Waals surface area contributed by atoms with Crippen LogP contribution in [0.3, 0.4) is 0 Å². The maximum atomic E-state index is 5.67. The molecule has 1 aliphatic rings. The molecule has 14 heavy (non-hydrogen) atoms. The van der Waals surface area contributed by atoms with Gasteiger partial charge in [-0.15, -0.1) is 0 Å². The molecule has 2 radical (unpaired) electrons. The summed E-state index contributed by atoms with van der Waals surface area (Å²) in [6.45, 7) is 0. The Hall–Kier alpha value is -1.96. The van der Waals surface area contributed by atoms with E-state index in [1.54, 1.807) is 0 Å². The SMILES string of the molecule is [c]1ccc2c(c1)Nc1c[c]ccc1O2. The van der Waals surface area contributed by atoms with E-state index in [1.165, 1.54) is 0 Å². The number of fused-ring (bicyclic) bond motifs is 2. The van der Waals surface area contributed by atoms with Crippen LogP contribution in [0.4, 0.5) is 11.4 Å². The van der Waals surface area contributed by atoms with E-state index < -0.39 is 0 Å². The van der Waals surface area contributed by atoms with Crippen LogP contribution in [0.25, 0.3) is 0 Å². The van der Waals surface area contributed by atoms with Gasteiger partial charge in [-0.05, 0) is 36.4 Å². The van der Waals surface area contributed by atoms with Gasteiger partial charge in [0, 0.05) is 0 Å².